The van der Waals surface area contributed by atoms with E-state index >= 15 is 0 Å². The summed E-state index contributed by atoms with van der Waals surface area (Å²) in [6.07, 6.45) is 4.77. The van der Waals surface area contributed by atoms with Crippen molar-refractivity contribution in [3.63, 3.8) is 0 Å². The summed E-state index contributed by atoms with van der Waals surface area (Å²) >= 11 is 6.47. The van der Waals surface area contributed by atoms with Crippen LogP contribution in [0.5, 0.6) is 0 Å². The number of rotatable bonds is 6. The van der Waals surface area contributed by atoms with E-state index in [9.17, 15) is 14.0 Å². The summed E-state index contributed by atoms with van der Waals surface area (Å²) in [4.78, 5) is 25.5. The van der Waals surface area contributed by atoms with Gasteiger partial charge in [-0.15, -0.1) is 0 Å². The van der Waals surface area contributed by atoms with Crippen LogP contribution < -0.4 is 10.6 Å². The van der Waals surface area contributed by atoms with E-state index in [0.29, 0.717) is 17.9 Å². The Hall–Kier alpha value is -3.19. The molecule has 0 saturated heterocycles. The first-order valence-corrected chi connectivity index (χ1v) is 11.5. The van der Waals surface area contributed by atoms with Gasteiger partial charge in [0, 0.05) is 11.6 Å². The molecule has 1 fully saturated rings. The number of anilines is 2. The standard InChI is InChI=1S/C25H26ClFN4O2/c1-16-22(23(26)31(30-16)15-17-8-4-2-5-9-17)25(33)28-19-12-13-20(27)21(14-19)29-24(32)18-10-6-3-7-11-18/h2,4-5,8-9,12-14,18H,3,6-7,10-11,15H2,1H3,(H,28,33)(H,29,32). The zero-order chi connectivity index (χ0) is 23.4. The van der Waals surface area contributed by atoms with Gasteiger partial charge in [0.2, 0.25) is 5.91 Å². The summed E-state index contributed by atoms with van der Waals surface area (Å²) in [6.45, 7) is 2.14. The molecule has 2 amide bonds. The maximum atomic E-state index is 14.3. The van der Waals surface area contributed by atoms with Gasteiger partial charge in [0.05, 0.1) is 23.5 Å². The highest BCUT2D eigenvalue weighted by Gasteiger charge is 2.23. The molecule has 3 aromatic rings. The highest BCUT2D eigenvalue weighted by molar-refractivity contribution is 6.33. The first-order chi connectivity index (χ1) is 15.9. The zero-order valence-electron chi connectivity index (χ0n) is 18.4. The summed E-state index contributed by atoms with van der Waals surface area (Å²) in [5, 5.41) is 10.0. The second-order valence-corrected chi connectivity index (χ2v) is 8.73. The molecule has 0 unspecified atom stereocenters. The summed E-state index contributed by atoms with van der Waals surface area (Å²) in [5.74, 6) is -1.29. The predicted octanol–water partition coefficient (Wildman–Crippen LogP) is 5.80. The summed E-state index contributed by atoms with van der Waals surface area (Å²) in [7, 11) is 0. The van der Waals surface area contributed by atoms with E-state index in [1.807, 2.05) is 30.3 Å². The van der Waals surface area contributed by atoms with E-state index in [1.54, 1.807) is 11.6 Å². The maximum absolute atomic E-state index is 14.3. The topological polar surface area (TPSA) is 76.0 Å². The summed E-state index contributed by atoms with van der Waals surface area (Å²) in [5.41, 5.74) is 2.15. The predicted molar refractivity (Wildman–Crippen MR) is 127 cm³/mol. The minimum Gasteiger partial charge on any atom is -0.323 e. The third-order valence-electron chi connectivity index (χ3n) is 5.93. The molecule has 1 heterocycles. The van der Waals surface area contributed by atoms with Gasteiger partial charge < -0.3 is 10.6 Å². The normalized spacial score (nSPS) is 14.2. The Morgan fingerprint density at radius 2 is 1.82 bits per heavy atom. The van der Waals surface area contributed by atoms with Crippen molar-refractivity contribution < 1.29 is 14.0 Å². The van der Waals surface area contributed by atoms with Gasteiger partial charge in [-0.2, -0.15) is 5.10 Å². The molecule has 2 N–H and O–H groups in total. The molecule has 1 aromatic heterocycles. The SMILES string of the molecule is Cc1nn(Cc2ccccc2)c(Cl)c1C(=O)Nc1ccc(F)c(NC(=O)C2CCCCC2)c1. The Kier molecular flexibility index (Phi) is 7.08. The number of hydrogen-bond donors (Lipinski definition) is 2. The lowest BCUT2D eigenvalue weighted by molar-refractivity contribution is -0.120. The largest absolute Gasteiger partial charge is 0.323 e. The Balaban J connectivity index is 1.48. The molecule has 172 valence electrons. The number of amides is 2. The molecule has 8 heteroatoms. The highest BCUT2D eigenvalue weighted by atomic mass is 35.5. The molecule has 4 rings (SSSR count). The molecule has 1 aliphatic carbocycles. The molecule has 1 saturated carbocycles. The van der Waals surface area contributed by atoms with Gasteiger partial charge >= 0.3 is 0 Å². The van der Waals surface area contributed by atoms with Crippen LogP contribution in [0.2, 0.25) is 5.15 Å². The number of benzene rings is 2. The number of nitrogens with zero attached hydrogens (tertiary/aromatic N) is 2. The lowest BCUT2D eigenvalue weighted by Gasteiger charge is -2.21. The van der Waals surface area contributed by atoms with Crippen LogP contribution in [0.25, 0.3) is 0 Å². The van der Waals surface area contributed by atoms with Crippen LogP contribution in [0, 0.1) is 18.7 Å². The van der Waals surface area contributed by atoms with Crippen molar-refractivity contribution in [1.29, 1.82) is 0 Å². The van der Waals surface area contributed by atoms with Crippen molar-refractivity contribution in [1.82, 2.24) is 9.78 Å². The Morgan fingerprint density at radius 3 is 2.55 bits per heavy atom. The second-order valence-electron chi connectivity index (χ2n) is 8.37. The highest BCUT2D eigenvalue weighted by Crippen LogP contribution is 2.27. The molecular weight excluding hydrogens is 443 g/mol. The minimum atomic E-state index is -0.554. The van der Waals surface area contributed by atoms with Crippen LogP contribution in [0.3, 0.4) is 0 Å². The number of carbonyl (C=O) groups excluding carboxylic acids is 2. The fraction of sp³-hybridized carbons (Fsp3) is 0.320. The van der Waals surface area contributed by atoms with Crippen LogP contribution in [-0.4, -0.2) is 21.6 Å². The summed E-state index contributed by atoms with van der Waals surface area (Å²) < 4.78 is 15.9. The molecule has 0 spiro atoms. The molecule has 33 heavy (non-hydrogen) atoms. The molecular formula is C25H26ClFN4O2. The third-order valence-corrected chi connectivity index (χ3v) is 6.31. The number of halogens is 2. The van der Waals surface area contributed by atoms with E-state index in [2.05, 4.69) is 15.7 Å². The monoisotopic (exact) mass is 468 g/mol. The molecule has 6 nitrogen and oxygen atoms in total. The fourth-order valence-corrected chi connectivity index (χ4v) is 4.48. The van der Waals surface area contributed by atoms with Gasteiger partial charge in [-0.25, -0.2) is 9.07 Å². The summed E-state index contributed by atoms with van der Waals surface area (Å²) in [6, 6.07) is 13.8. The van der Waals surface area contributed by atoms with Gasteiger partial charge in [-0.05, 0) is 43.5 Å². The number of hydrogen-bond acceptors (Lipinski definition) is 3. The lowest BCUT2D eigenvalue weighted by atomic mass is 9.88. The Morgan fingerprint density at radius 1 is 1.09 bits per heavy atom. The van der Waals surface area contributed by atoms with Crippen LogP contribution >= 0.6 is 11.6 Å². The van der Waals surface area contributed by atoms with Crippen LogP contribution in [0.15, 0.2) is 48.5 Å². The fourth-order valence-electron chi connectivity index (χ4n) is 4.16. The maximum Gasteiger partial charge on any atom is 0.260 e. The van der Waals surface area contributed by atoms with Crippen molar-refractivity contribution in [2.24, 2.45) is 5.92 Å². The van der Waals surface area contributed by atoms with Crippen molar-refractivity contribution in [2.45, 2.75) is 45.6 Å². The lowest BCUT2D eigenvalue weighted by Crippen LogP contribution is -2.25. The second kappa shape index (κ2) is 10.2. The number of aromatic nitrogens is 2. The van der Waals surface area contributed by atoms with Gasteiger partial charge in [0.25, 0.3) is 5.91 Å². The first kappa shape index (κ1) is 23.0. The van der Waals surface area contributed by atoms with Gasteiger partial charge in [-0.3, -0.25) is 9.59 Å². The van der Waals surface area contributed by atoms with Crippen LogP contribution in [0.1, 0.15) is 53.7 Å². The molecule has 0 radical (unpaired) electrons. The number of nitrogens with one attached hydrogen (secondary N) is 2. The van der Waals surface area contributed by atoms with Gasteiger partial charge in [0.15, 0.2) is 0 Å². The van der Waals surface area contributed by atoms with Crippen molar-refractivity contribution in [2.75, 3.05) is 10.6 Å². The molecule has 1 aliphatic rings. The number of carbonyl (C=O) groups is 2. The molecule has 2 aromatic carbocycles. The van der Waals surface area contributed by atoms with E-state index in [-0.39, 0.29) is 28.2 Å². The minimum absolute atomic E-state index is 0.0472. The van der Waals surface area contributed by atoms with Crippen molar-refractivity contribution in [3.05, 3.63) is 76.3 Å². The molecule has 0 aliphatic heterocycles. The van der Waals surface area contributed by atoms with Gasteiger partial charge in [0.1, 0.15) is 11.0 Å². The Labute approximate surface area is 197 Å². The first-order valence-electron chi connectivity index (χ1n) is 11.1. The van der Waals surface area contributed by atoms with E-state index in [4.69, 9.17) is 11.6 Å². The molecule has 0 atom stereocenters. The average molecular weight is 469 g/mol. The van der Waals surface area contributed by atoms with Gasteiger partial charge in [-0.1, -0.05) is 61.2 Å². The zero-order valence-corrected chi connectivity index (χ0v) is 19.2. The molecule has 0 bridgehead atoms. The quantitative estimate of drug-likeness (QED) is 0.479. The van der Waals surface area contributed by atoms with E-state index in [0.717, 1.165) is 37.7 Å². The Bertz CT molecular complexity index is 1160. The van der Waals surface area contributed by atoms with Crippen molar-refractivity contribution in [3.8, 4) is 0 Å². The van der Waals surface area contributed by atoms with Crippen LogP contribution in [-0.2, 0) is 11.3 Å². The van der Waals surface area contributed by atoms with Crippen LogP contribution in [0.4, 0.5) is 15.8 Å². The van der Waals surface area contributed by atoms with E-state index < -0.39 is 11.7 Å². The van der Waals surface area contributed by atoms with Crippen molar-refractivity contribution >= 4 is 34.8 Å². The average Bonchev–Trinajstić information content (AvgIpc) is 3.10. The van der Waals surface area contributed by atoms with E-state index in [1.165, 1.54) is 18.2 Å². The smallest absolute Gasteiger partial charge is 0.260 e. The third kappa shape index (κ3) is 5.42. The number of aryl methyl sites for hydroxylation is 1.